The van der Waals surface area contributed by atoms with Crippen molar-refractivity contribution >= 4 is 18.2 Å². The molecule has 0 amide bonds. The highest BCUT2D eigenvalue weighted by Gasteiger charge is 2.31. The van der Waals surface area contributed by atoms with Gasteiger partial charge in [-0.3, -0.25) is 9.47 Å². The van der Waals surface area contributed by atoms with Gasteiger partial charge in [-0.1, -0.05) is 0 Å². The highest BCUT2D eigenvalue weighted by molar-refractivity contribution is 7.71. The molecule has 0 bridgehead atoms. The molecule has 6 heteroatoms. The number of anilines is 1. The van der Waals surface area contributed by atoms with Crippen LogP contribution in [-0.2, 0) is 6.54 Å². The second-order valence-electron chi connectivity index (χ2n) is 4.83. The van der Waals surface area contributed by atoms with Gasteiger partial charge in [0.2, 0.25) is 5.95 Å². The van der Waals surface area contributed by atoms with E-state index >= 15 is 0 Å². The van der Waals surface area contributed by atoms with Crippen LogP contribution < -0.4 is 4.90 Å². The molecule has 0 radical (unpaired) electrons. The highest BCUT2D eigenvalue weighted by atomic mass is 32.1. The first kappa shape index (κ1) is 11.2. The van der Waals surface area contributed by atoms with Gasteiger partial charge >= 0.3 is 0 Å². The first-order chi connectivity index (χ1) is 8.29. The summed E-state index contributed by atoms with van der Waals surface area (Å²) in [6.45, 7) is 7.44. The van der Waals surface area contributed by atoms with E-state index in [0.29, 0.717) is 0 Å². The van der Waals surface area contributed by atoms with Crippen LogP contribution in [0.5, 0.6) is 0 Å². The number of rotatable bonds is 3. The largest absolute Gasteiger partial charge is 0.338 e. The average Bonchev–Trinajstić information content (AvgIpc) is 3.13. The van der Waals surface area contributed by atoms with Crippen molar-refractivity contribution in [3.63, 3.8) is 0 Å². The number of nitrogens with zero attached hydrogens (tertiary/aromatic N) is 4. The smallest absolute Gasteiger partial charge is 0.225 e. The minimum atomic E-state index is 0.729. The van der Waals surface area contributed by atoms with Gasteiger partial charge in [-0.05, 0) is 32.0 Å². The molecule has 1 N–H and O–H groups in total. The zero-order valence-electron chi connectivity index (χ0n) is 10.2. The van der Waals surface area contributed by atoms with Gasteiger partial charge < -0.3 is 4.90 Å². The third kappa shape index (κ3) is 2.11. The molecule has 1 aliphatic heterocycles. The van der Waals surface area contributed by atoms with Crippen molar-refractivity contribution in [3.05, 3.63) is 4.77 Å². The lowest BCUT2D eigenvalue weighted by atomic mass is 10.3. The second kappa shape index (κ2) is 4.42. The molecule has 1 saturated heterocycles. The summed E-state index contributed by atoms with van der Waals surface area (Å²) in [6, 6.07) is 0.879. The van der Waals surface area contributed by atoms with E-state index in [1.54, 1.807) is 0 Å². The van der Waals surface area contributed by atoms with E-state index in [1.807, 2.05) is 0 Å². The van der Waals surface area contributed by atoms with Crippen LogP contribution in [-0.4, -0.2) is 51.9 Å². The van der Waals surface area contributed by atoms with Crippen molar-refractivity contribution in [1.29, 1.82) is 0 Å². The molecule has 3 rings (SSSR count). The van der Waals surface area contributed by atoms with E-state index in [4.69, 9.17) is 12.2 Å². The molecule has 2 aliphatic rings. The summed E-state index contributed by atoms with van der Waals surface area (Å²) in [5.41, 5.74) is 0. The zero-order chi connectivity index (χ0) is 11.8. The van der Waals surface area contributed by atoms with Gasteiger partial charge in [0, 0.05) is 38.8 Å². The zero-order valence-corrected chi connectivity index (χ0v) is 11.0. The van der Waals surface area contributed by atoms with E-state index < -0.39 is 0 Å². The van der Waals surface area contributed by atoms with Crippen molar-refractivity contribution in [2.45, 2.75) is 32.4 Å². The number of hydrogen-bond donors (Lipinski definition) is 1. The van der Waals surface area contributed by atoms with Gasteiger partial charge in [0.05, 0.1) is 0 Å². The first-order valence-electron chi connectivity index (χ1n) is 6.44. The Labute approximate surface area is 106 Å². The van der Waals surface area contributed by atoms with E-state index in [2.05, 4.69) is 31.5 Å². The molecular formula is C11H19N5S. The van der Waals surface area contributed by atoms with Crippen LogP contribution in [0.15, 0.2) is 0 Å². The van der Waals surface area contributed by atoms with Crippen LogP contribution in [0.25, 0.3) is 0 Å². The highest BCUT2D eigenvalue weighted by Crippen LogP contribution is 2.28. The van der Waals surface area contributed by atoms with Crippen molar-refractivity contribution in [3.8, 4) is 0 Å². The molecule has 1 aliphatic carbocycles. The number of aromatic amines is 1. The molecule has 5 nitrogen and oxygen atoms in total. The number of H-pyrrole nitrogens is 1. The van der Waals surface area contributed by atoms with Crippen LogP contribution in [0, 0.1) is 4.77 Å². The summed E-state index contributed by atoms with van der Waals surface area (Å²) < 4.78 is 2.80. The maximum absolute atomic E-state index is 5.22. The Morgan fingerprint density at radius 2 is 2.00 bits per heavy atom. The molecule has 1 aromatic heterocycles. The summed E-state index contributed by atoms with van der Waals surface area (Å²) in [7, 11) is 0. The number of hydrogen-bond acceptors (Lipinski definition) is 4. The van der Waals surface area contributed by atoms with E-state index in [0.717, 1.165) is 49.5 Å². The lowest BCUT2D eigenvalue weighted by Crippen LogP contribution is -2.48. The maximum atomic E-state index is 5.22. The van der Waals surface area contributed by atoms with Crippen LogP contribution >= 0.6 is 12.2 Å². The summed E-state index contributed by atoms with van der Waals surface area (Å²) in [5.74, 6) is 1.01. The Morgan fingerprint density at radius 3 is 2.59 bits per heavy atom. The third-order valence-corrected chi connectivity index (χ3v) is 4.03. The first-order valence-corrected chi connectivity index (χ1v) is 6.84. The van der Waals surface area contributed by atoms with Crippen LogP contribution in [0.4, 0.5) is 5.95 Å². The fourth-order valence-electron chi connectivity index (χ4n) is 2.56. The van der Waals surface area contributed by atoms with Crippen molar-refractivity contribution < 1.29 is 0 Å². The molecule has 0 atom stereocenters. The van der Waals surface area contributed by atoms with Crippen LogP contribution in [0.1, 0.15) is 19.8 Å². The SMILES string of the molecule is CCn1c(N2CCN(C3CC3)CC2)n[nH]c1=S. The Hall–Kier alpha value is -0.880. The molecule has 2 heterocycles. The molecular weight excluding hydrogens is 234 g/mol. The van der Waals surface area contributed by atoms with E-state index in [-0.39, 0.29) is 0 Å². The molecule has 0 unspecified atom stereocenters. The van der Waals surface area contributed by atoms with E-state index in [9.17, 15) is 0 Å². The Morgan fingerprint density at radius 1 is 1.29 bits per heavy atom. The molecule has 0 spiro atoms. The topological polar surface area (TPSA) is 40.1 Å². The summed E-state index contributed by atoms with van der Waals surface area (Å²) in [6.07, 6.45) is 2.79. The third-order valence-electron chi connectivity index (χ3n) is 3.71. The van der Waals surface area contributed by atoms with Crippen molar-refractivity contribution in [2.75, 3.05) is 31.1 Å². The monoisotopic (exact) mass is 253 g/mol. The normalized spacial score (nSPS) is 22.1. The minimum absolute atomic E-state index is 0.729. The predicted octanol–water partition coefficient (Wildman–Crippen LogP) is 1.24. The standard InChI is InChI=1S/C11H19N5S/c1-2-16-10(12-13-11(16)17)15-7-5-14(6-8-15)9-3-4-9/h9H,2-8H2,1H3,(H,13,17). The molecule has 1 aromatic rings. The van der Waals surface area contributed by atoms with Crippen LogP contribution in [0.2, 0.25) is 0 Å². The van der Waals surface area contributed by atoms with Gasteiger partial charge in [-0.2, -0.15) is 0 Å². The fraction of sp³-hybridized carbons (Fsp3) is 0.818. The minimum Gasteiger partial charge on any atom is -0.338 e. The van der Waals surface area contributed by atoms with Crippen molar-refractivity contribution in [2.24, 2.45) is 0 Å². The Bertz CT molecular complexity index is 439. The molecule has 1 saturated carbocycles. The summed E-state index contributed by atoms with van der Waals surface area (Å²) >= 11 is 5.22. The van der Waals surface area contributed by atoms with E-state index in [1.165, 1.54) is 12.8 Å². The summed E-state index contributed by atoms with van der Waals surface area (Å²) in [5, 5.41) is 7.24. The second-order valence-corrected chi connectivity index (χ2v) is 5.21. The number of piperazine rings is 1. The van der Waals surface area contributed by atoms with Gasteiger partial charge in [0.15, 0.2) is 4.77 Å². The van der Waals surface area contributed by atoms with Crippen molar-refractivity contribution in [1.82, 2.24) is 19.7 Å². The molecule has 17 heavy (non-hydrogen) atoms. The fourth-order valence-corrected chi connectivity index (χ4v) is 2.82. The Balaban J connectivity index is 1.70. The lowest BCUT2D eigenvalue weighted by molar-refractivity contribution is 0.246. The molecule has 94 valence electrons. The predicted molar refractivity (Wildman–Crippen MR) is 69.9 cm³/mol. The maximum Gasteiger partial charge on any atom is 0.225 e. The molecule has 0 aromatic carbocycles. The van der Waals surface area contributed by atoms with Gasteiger partial charge in [0.1, 0.15) is 0 Å². The van der Waals surface area contributed by atoms with Crippen LogP contribution in [0.3, 0.4) is 0 Å². The average molecular weight is 253 g/mol. The molecule has 2 fully saturated rings. The number of nitrogens with one attached hydrogen (secondary N) is 1. The quantitative estimate of drug-likeness (QED) is 0.823. The Kier molecular flexibility index (Phi) is 2.92. The lowest BCUT2D eigenvalue weighted by Gasteiger charge is -2.35. The van der Waals surface area contributed by atoms with Gasteiger partial charge in [-0.25, -0.2) is 5.10 Å². The van der Waals surface area contributed by atoms with Gasteiger partial charge in [-0.15, -0.1) is 5.10 Å². The van der Waals surface area contributed by atoms with Gasteiger partial charge in [0.25, 0.3) is 0 Å². The summed E-state index contributed by atoms with van der Waals surface area (Å²) in [4.78, 5) is 4.95. The number of aromatic nitrogens is 3.